The minimum atomic E-state index is -3.41. The van der Waals surface area contributed by atoms with Crippen LogP contribution in [0.4, 0.5) is 5.69 Å². The van der Waals surface area contributed by atoms with Gasteiger partial charge < -0.3 is 4.74 Å². The lowest BCUT2D eigenvalue weighted by molar-refractivity contribution is 0.484. The molecule has 106 valence electrons. The number of anilines is 1. The van der Waals surface area contributed by atoms with Crippen LogP contribution in [0.3, 0.4) is 0 Å². The van der Waals surface area contributed by atoms with Gasteiger partial charge >= 0.3 is 0 Å². The zero-order chi connectivity index (χ0) is 14.6. The van der Waals surface area contributed by atoms with Gasteiger partial charge in [0.2, 0.25) is 10.0 Å². The third-order valence-electron chi connectivity index (χ3n) is 2.54. The van der Waals surface area contributed by atoms with Crippen LogP contribution in [0.2, 0.25) is 0 Å². The summed E-state index contributed by atoms with van der Waals surface area (Å²) in [6.07, 6.45) is 0. The van der Waals surface area contributed by atoms with Crippen LogP contribution in [-0.4, -0.2) is 13.1 Å². The second-order valence-electron chi connectivity index (χ2n) is 4.24. The Morgan fingerprint density at radius 2 is 1.75 bits per heavy atom. The zero-order valence-electron chi connectivity index (χ0n) is 10.8. The maximum atomic E-state index is 11.6. The Bertz CT molecular complexity index is 684. The summed E-state index contributed by atoms with van der Waals surface area (Å²) < 4.78 is 31.2. The lowest BCUT2D eigenvalue weighted by Gasteiger charge is -2.12. The summed E-state index contributed by atoms with van der Waals surface area (Å²) in [6, 6.07) is 14.4. The highest BCUT2D eigenvalue weighted by atomic mass is 79.9. The van der Waals surface area contributed by atoms with Gasteiger partial charge in [0.05, 0.1) is 5.69 Å². The minimum Gasteiger partial charge on any atom is -0.455 e. The molecule has 0 amide bonds. The average molecular weight is 356 g/mol. The number of benzene rings is 2. The Balaban J connectivity index is 2.26. The van der Waals surface area contributed by atoms with Crippen LogP contribution in [0.25, 0.3) is 0 Å². The van der Waals surface area contributed by atoms with Gasteiger partial charge in [-0.15, -0.1) is 0 Å². The molecule has 0 aromatic heterocycles. The summed E-state index contributed by atoms with van der Waals surface area (Å²) in [7, 11) is -3.41. The second kappa shape index (κ2) is 6.28. The summed E-state index contributed by atoms with van der Waals surface area (Å²) in [4.78, 5) is 0. The molecule has 0 saturated heterocycles. The first kappa shape index (κ1) is 14.9. The predicted molar refractivity (Wildman–Crippen MR) is 84.0 cm³/mol. The number of para-hydroxylation sites is 2. The van der Waals surface area contributed by atoms with Crippen LogP contribution >= 0.6 is 15.9 Å². The van der Waals surface area contributed by atoms with E-state index < -0.39 is 10.0 Å². The molecule has 0 spiro atoms. The molecule has 6 heteroatoms. The second-order valence-corrected chi connectivity index (χ2v) is 7.26. The molecule has 2 rings (SSSR count). The van der Waals surface area contributed by atoms with Crippen molar-refractivity contribution in [1.82, 2.24) is 0 Å². The summed E-state index contributed by atoms with van der Waals surface area (Å²) in [6.45, 7) is 1.99. The van der Waals surface area contributed by atoms with Crippen molar-refractivity contribution in [3.63, 3.8) is 0 Å². The monoisotopic (exact) mass is 355 g/mol. The maximum absolute atomic E-state index is 11.6. The molecule has 20 heavy (non-hydrogen) atoms. The van der Waals surface area contributed by atoms with Gasteiger partial charge in [-0.2, -0.15) is 0 Å². The first-order valence-corrected chi connectivity index (χ1v) is 8.67. The Hall–Kier alpha value is -1.53. The van der Waals surface area contributed by atoms with Crippen LogP contribution in [0.15, 0.2) is 48.5 Å². The fourth-order valence-electron chi connectivity index (χ4n) is 1.57. The molecule has 0 fully saturated rings. The summed E-state index contributed by atoms with van der Waals surface area (Å²) in [5, 5.41) is 0. The topological polar surface area (TPSA) is 55.4 Å². The first-order valence-electron chi connectivity index (χ1n) is 5.90. The average Bonchev–Trinajstić information content (AvgIpc) is 2.43. The van der Waals surface area contributed by atoms with Gasteiger partial charge in [-0.25, -0.2) is 8.42 Å². The van der Waals surface area contributed by atoms with Crippen molar-refractivity contribution in [3.05, 3.63) is 54.1 Å². The van der Waals surface area contributed by atoms with Crippen molar-refractivity contribution in [2.45, 2.75) is 6.92 Å². The van der Waals surface area contributed by atoms with Gasteiger partial charge in [-0.3, -0.25) is 4.72 Å². The molecule has 0 unspecified atom stereocenters. The van der Waals surface area contributed by atoms with E-state index in [2.05, 4.69) is 20.7 Å². The van der Waals surface area contributed by atoms with Gasteiger partial charge in [0, 0.05) is 0 Å². The molecule has 0 bridgehead atoms. The lowest BCUT2D eigenvalue weighted by atomic mass is 10.2. The van der Waals surface area contributed by atoms with Crippen molar-refractivity contribution in [2.24, 2.45) is 0 Å². The molecule has 0 atom stereocenters. The van der Waals surface area contributed by atoms with E-state index in [-0.39, 0.29) is 4.66 Å². The highest BCUT2D eigenvalue weighted by Gasteiger charge is 2.12. The van der Waals surface area contributed by atoms with E-state index in [1.807, 2.05) is 31.2 Å². The van der Waals surface area contributed by atoms with Crippen molar-refractivity contribution >= 4 is 31.6 Å². The molecule has 0 aliphatic carbocycles. The van der Waals surface area contributed by atoms with E-state index >= 15 is 0 Å². The molecule has 0 heterocycles. The third kappa shape index (κ3) is 3.98. The molecule has 4 nitrogen and oxygen atoms in total. The SMILES string of the molecule is Cc1ccc(Oc2ccccc2NS(=O)(=O)CBr)cc1. The summed E-state index contributed by atoms with van der Waals surface area (Å²) >= 11 is 2.94. The van der Waals surface area contributed by atoms with Crippen LogP contribution in [0.1, 0.15) is 5.56 Å². The molecule has 0 aliphatic heterocycles. The van der Waals surface area contributed by atoms with E-state index in [9.17, 15) is 8.42 Å². The number of alkyl halides is 1. The molecule has 1 N–H and O–H groups in total. The molecule has 0 aliphatic rings. The van der Waals surface area contributed by atoms with Crippen molar-refractivity contribution < 1.29 is 13.2 Å². The number of nitrogens with one attached hydrogen (secondary N) is 1. The molecular weight excluding hydrogens is 342 g/mol. The zero-order valence-corrected chi connectivity index (χ0v) is 13.2. The van der Waals surface area contributed by atoms with Gasteiger partial charge in [-0.1, -0.05) is 45.8 Å². The maximum Gasteiger partial charge on any atom is 0.242 e. The van der Waals surface area contributed by atoms with Crippen molar-refractivity contribution in [3.8, 4) is 11.5 Å². The van der Waals surface area contributed by atoms with Crippen LogP contribution in [0, 0.1) is 6.92 Å². The predicted octanol–water partition coefficient (Wildman–Crippen LogP) is 3.88. The number of sulfonamides is 1. The third-order valence-corrected chi connectivity index (χ3v) is 5.17. The van der Waals surface area contributed by atoms with E-state index in [0.29, 0.717) is 17.2 Å². The molecule has 2 aromatic rings. The summed E-state index contributed by atoms with van der Waals surface area (Å²) in [5.41, 5.74) is 1.54. The molecular formula is C14H14BrNO3S. The number of hydrogen-bond donors (Lipinski definition) is 1. The minimum absolute atomic E-state index is 0.168. The number of rotatable bonds is 5. The van der Waals surface area contributed by atoms with Crippen molar-refractivity contribution in [1.29, 1.82) is 0 Å². The number of halogens is 1. The van der Waals surface area contributed by atoms with Gasteiger partial charge in [0.15, 0.2) is 5.75 Å². The molecule has 2 aromatic carbocycles. The molecule has 0 radical (unpaired) electrons. The Kier molecular flexibility index (Phi) is 4.67. The van der Waals surface area contributed by atoms with Gasteiger partial charge in [-0.05, 0) is 31.2 Å². The van der Waals surface area contributed by atoms with Gasteiger partial charge in [0.1, 0.15) is 10.4 Å². The molecule has 0 saturated carbocycles. The lowest BCUT2D eigenvalue weighted by Crippen LogP contribution is -2.13. The highest BCUT2D eigenvalue weighted by Crippen LogP contribution is 2.30. The van der Waals surface area contributed by atoms with Gasteiger partial charge in [0.25, 0.3) is 0 Å². The van der Waals surface area contributed by atoms with Crippen LogP contribution < -0.4 is 9.46 Å². The Labute approximate surface area is 127 Å². The van der Waals surface area contributed by atoms with E-state index in [1.54, 1.807) is 24.3 Å². The quantitative estimate of drug-likeness (QED) is 0.828. The Morgan fingerprint density at radius 1 is 1.10 bits per heavy atom. The number of aryl methyl sites for hydroxylation is 1. The standard InChI is InChI=1S/C14H14BrNO3S/c1-11-6-8-12(9-7-11)19-14-5-3-2-4-13(14)16-20(17,18)10-15/h2-9,16H,10H2,1H3. The van der Waals surface area contributed by atoms with Crippen molar-refractivity contribution in [2.75, 3.05) is 9.38 Å². The normalized spacial score (nSPS) is 11.1. The highest BCUT2D eigenvalue weighted by molar-refractivity contribution is 9.10. The summed E-state index contributed by atoms with van der Waals surface area (Å²) in [5.74, 6) is 1.11. The number of hydrogen-bond acceptors (Lipinski definition) is 3. The largest absolute Gasteiger partial charge is 0.455 e. The van der Waals surface area contributed by atoms with E-state index in [4.69, 9.17) is 4.74 Å². The fourth-order valence-corrected chi connectivity index (χ4v) is 2.47. The number of ether oxygens (including phenoxy) is 1. The first-order chi connectivity index (χ1) is 9.50. The smallest absolute Gasteiger partial charge is 0.242 e. The van der Waals surface area contributed by atoms with E-state index in [0.717, 1.165) is 5.56 Å². The van der Waals surface area contributed by atoms with Crippen LogP contribution in [0.5, 0.6) is 11.5 Å². The van der Waals surface area contributed by atoms with Crippen LogP contribution in [-0.2, 0) is 10.0 Å². The fraction of sp³-hybridized carbons (Fsp3) is 0.143. The van der Waals surface area contributed by atoms with E-state index in [1.165, 1.54) is 0 Å². The Morgan fingerprint density at radius 3 is 2.40 bits per heavy atom.